The lowest BCUT2D eigenvalue weighted by Crippen LogP contribution is -2.47. The molecule has 4 nitrogen and oxygen atoms in total. The zero-order valence-corrected chi connectivity index (χ0v) is 15.0. The number of alkyl halides is 1. The monoisotopic (exact) mass is 468 g/mol. The second-order valence-corrected chi connectivity index (χ2v) is 7.58. The molecule has 0 saturated carbocycles. The molecule has 0 fully saturated rings. The fourth-order valence-electron chi connectivity index (χ4n) is 0.966. The van der Waals surface area contributed by atoms with Crippen molar-refractivity contribution >= 4 is 68.4 Å². The molecule has 1 unspecified atom stereocenters. The molecule has 0 amide bonds. The molecule has 0 spiro atoms. The fourth-order valence-corrected chi connectivity index (χ4v) is 3.74. The van der Waals surface area contributed by atoms with Crippen molar-refractivity contribution in [3.63, 3.8) is 0 Å². The summed E-state index contributed by atoms with van der Waals surface area (Å²) in [4.78, 5) is 19.1. The van der Waals surface area contributed by atoms with Gasteiger partial charge in [0.1, 0.15) is 11.3 Å². The number of hydrogen-bond acceptors (Lipinski definition) is 4. The number of rotatable bonds is 4. The maximum Gasteiger partial charge on any atom is 0.745 e. The Morgan fingerprint density at radius 1 is 1.24 bits per heavy atom. The Balaban J connectivity index is 2.92. The van der Waals surface area contributed by atoms with E-state index in [1.165, 1.54) is 6.92 Å². The molecule has 0 radical (unpaired) electrons. The van der Waals surface area contributed by atoms with Gasteiger partial charge in [0.15, 0.2) is 0 Å². The van der Waals surface area contributed by atoms with E-state index in [-0.39, 0.29) is 5.75 Å². The summed E-state index contributed by atoms with van der Waals surface area (Å²) in [5.41, 5.74) is -0.852. The highest BCUT2D eigenvalue weighted by Gasteiger charge is 2.41. The molecule has 9 heteroatoms. The highest BCUT2D eigenvalue weighted by Crippen LogP contribution is 2.38. The smallest absolute Gasteiger partial charge is 0.479 e. The minimum absolute atomic E-state index is 0.244. The second kappa shape index (κ2) is 6.33. The third kappa shape index (κ3) is 4.79. The number of hydrogen-bond donors (Lipinski definition) is 2. The van der Waals surface area contributed by atoms with Gasteiger partial charge in [-0.2, -0.15) is 0 Å². The Labute approximate surface area is 130 Å². The van der Waals surface area contributed by atoms with Crippen LogP contribution in [0.15, 0.2) is 25.6 Å². The third-order valence-corrected chi connectivity index (χ3v) is 6.28. The van der Waals surface area contributed by atoms with Crippen molar-refractivity contribution in [2.45, 2.75) is 12.5 Å². The first-order chi connectivity index (χ1) is 7.73. The van der Waals surface area contributed by atoms with Gasteiger partial charge in [0, 0.05) is 8.95 Å². The first-order valence-electron chi connectivity index (χ1n) is 4.32. The van der Waals surface area contributed by atoms with Gasteiger partial charge in [-0.15, -0.1) is 0 Å². The minimum Gasteiger partial charge on any atom is -0.479 e. The molecule has 0 heterocycles. The van der Waals surface area contributed by atoms with Crippen LogP contribution in [0.4, 0.5) is 0 Å². The topological polar surface area (TPSA) is 58.9 Å². The molecule has 1 aromatic rings. The molecule has 0 aliphatic heterocycles. The van der Waals surface area contributed by atoms with Gasteiger partial charge in [0.05, 0.1) is 4.47 Å². The average molecular weight is 471 g/mol. The van der Waals surface area contributed by atoms with E-state index in [0.29, 0.717) is 8.95 Å². The Morgan fingerprint density at radius 2 is 1.82 bits per heavy atom. The maximum atomic E-state index is 9.54. The van der Waals surface area contributed by atoms with Crippen LogP contribution in [0, 0.1) is 0 Å². The molecule has 17 heavy (non-hydrogen) atoms. The lowest BCUT2D eigenvalue weighted by atomic mass is 10.3. The summed E-state index contributed by atoms with van der Waals surface area (Å²) in [5.74, 6) is 0.244. The standard InChI is InChI=1S/C8H8Br3ClO4Si/c1-4(12)15-17(13,14)16-6-3-2-5(9)7(10)8(6)11/h2-4,13-14H,1H3. The van der Waals surface area contributed by atoms with Crippen LogP contribution in [0.2, 0.25) is 0 Å². The van der Waals surface area contributed by atoms with E-state index < -0.39 is 14.6 Å². The predicted molar refractivity (Wildman–Crippen MR) is 76.8 cm³/mol. The van der Waals surface area contributed by atoms with Crippen LogP contribution in [-0.4, -0.2) is 24.2 Å². The summed E-state index contributed by atoms with van der Waals surface area (Å²) < 4.78 is 11.8. The van der Waals surface area contributed by atoms with Crippen molar-refractivity contribution < 1.29 is 18.4 Å². The van der Waals surface area contributed by atoms with Crippen LogP contribution >= 0.6 is 59.4 Å². The van der Waals surface area contributed by atoms with Crippen molar-refractivity contribution in [1.82, 2.24) is 0 Å². The number of benzene rings is 1. The summed E-state index contributed by atoms with van der Waals surface area (Å²) in [6.45, 7) is 1.46. The fraction of sp³-hybridized carbons (Fsp3) is 0.250. The van der Waals surface area contributed by atoms with Gasteiger partial charge < -0.3 is 18.4 Å². The molecular weight excluding hydrogens is 463 g/mol. The van der Waals surface area contributed by atoms with Gasteiger partial charge >= 0.3 is 9.05 Å². The van der Waals surface area contributed by atoms with Gasteiger partial charge in [-0.3, -0.25) is 0 Å². The van der Waals surface area contributed by atoms with E-state index in [9.17, 15) is 9.59 Å². The zero-order chi connectivity index (χ0) is 13.2. The van der Waals surface area contributed by atoms with E-state index in [1.807, 2.05) is 0 Å². The van der Waals surface area contributed by atoms with Crippen LogP contribution in [-0.2, 0) is 4.43 Å². The molecular formula is C8H8Br3ClO4Si. The lowest BCUT2D eigenvalue weighted by Gasteiger charge is -2.20. The van der Waals surface area contributed by atoms with Crippen LogP contribution < -0.4 is 4.43 Å². The highest BCUT2D eigenvalue weighted by atomic mass is 79.9. The SMILES string of the molecule is CC(Cl)O[Si](O)(O)Oc1ccc(Br)c(Br)c1Br. The van der Waals surface area contributed by atoms with Gasteiger partial charge in [-0.05, 0) is 66.8 Å². The number of halogens is 4. The van der Waals surface area contributed by atoms with Crippen molar-refractivity contribution in [3.8, 4) is 5.75 Å². The lowest BCUT2D eigenvalue weighted by molar-refractivity contribution is 0.0649. The first-order valence-corrected chi connectivity index (χ1v) is 8.84. The summed E-state index contributed by atoms with van der Waals surface area (Å²) in [6.07, 6.45) is 0. The molecule has 2 N–H and O–H groups in total. The van der Waals surface area contributed by atoms with E-state index in [4.69, 9.17) is 20.5 Å². The van der Waals surface area contributed by atoms with Gasteiger partial charge in [0.2, 0.25) is 0 Å². The largest absolute Gasteiger partial charge is 0.745 e. The molecule has 0 aromatic heterocycles. The van der Waals surface area contributed by atoms with Crippen LogP contribution in [0.5, 0.6) is 5.75 Å². The Bertz CT molecular complexity index is 416. The van der Waals surface area contributed by atoms with Crippen molar-refractivity contribution in [2.24, 2.45) is 0 Å². The molecule has 0 aliphatic rings. The Kier molecular flexibility index (Phi) is 5.92. The van der Waals surface area contributed by atoms with E-state index in [2.05, 4.69) is 47.8 Å². The van der Waals surface area contributed by atoms with Gasteiger partial charge in [-0.1, -0.05) is 11.6 Å². The molecule has 1 atom stereocenters. The quantitative estimate of drug-likeness (QED) is 0.402. The molecule has 1 aromatic carbocycles. The first kappa shape index (κ1) is 15.9. The molecule has 1 rings (SSSR count). The molecule has 0 bridgehead atoms. The zero-order valence-electron chi connectivity index (χ0n) is 8.45. The van der Waals surface area contributed by atoms with Gasteiger partial charge in [-0.25, -0.2) is 0 Å². The van der Waals surface area contributed by atoms with Crippen LogP contribution in [0.1, 0.15) is 6.92 Å². The Hall–Kier alpha value is 0.847. The van der Waals surface area contributed by atoms with Gasteiger partial charge in [0.25, 0.3) is 0 Å². The minimum atomic E-state index is -4.28. The predicted octanol–water partition coefficient (Wildman–Crippen LogP) is 3.37. The average Bonchev–Trinajstić information content (AvgIpc) is 2.17. The summed E-state index contributed by atoms with van der Waals surface area (Å²) in [5, 5.41) is 0. The van der Waals surface area contributed by atoms with E-state index >= 15 is 0 Å². The summed E-state index contributed by atoms with van der Waals surface area (Å²) in [6, 6.07) is 3.26. The molecule has 0 aliphatic carbocycles. The Morgan fingerprint density at radius 3 is 2.35 bits per heavy atom. The van der Waals surface area contributed by atoms with E-state index in [1.54, 1.807) is 12.1 Å². The van der Waals surface area contributed by atoms with Crippen LogP contribution in [0.3, 0.4) is 0 Å². The van der Waals surface area contributed by atoms with Crippen molar-refractivity contribution in [1.29, 1.82) is 0 Å². The highest BCUT2D eigenvalue weighted by molar-refractivity contribution is 9.14. The summed E-state index contributed by atoms with van der Waals surface area (Å²) >= 11 is 15.4. The van der Waals surface area contributed by atoms with Crippen molar-refractivity contribution in [3.05, 3.63) is 25.6 Å². The van der Waals surface area contributed by atoms with Crippen LogP contribution in [0.25, 0.3) is 0 Å². The maximum absolute atomic E-state index is 9.54. The van der Waals surface area contributed by atoms with E-state index in [0.717, 1.165) is 4.47 Å². The summed E-state index contributed by atoms with van der Waals surface area (Å²) in [7, 11) is -4.28. The third-order valence-electron chi connectivity index (χ3n) is 1.56. The molecule has 96 valence electrons. The van der Waals surface area contributed by atoms with Crippen molar-refractivity contribution in [2.75, 3.05) is 0 Å². The second-order valence-electron chi connectivity index (χ2n) is 2.98. The normalized spacial score (nSPS) is 13.6. The molecule has 0 saturated heterocycles.